The number of nitrogens with one attached hydrogen (secondary N) is 2. The molecule has 7 heteroatoms. The minimum atomic E-state index is 0.0133. The molecule has 0 amide bonds. The molecule has 0 aliphatic rings. The monoisotopic (exact) mass is 388 g/mol. The van der Waals surface area contributed by atoms with Gasteiger partial charge < -0.3 is 15.7 Å². The number of anilines is 1. The minimum absolute atomic E-state index is 0.0133. The zero-order chi connectivity index (χ0) is 20.1. The first-order valence-corrected chi connectivity index (χ1v) is 9.73. The Morgan fingerprint density at radius 2 is 1.59 bits per heavy atom. The molecule has 7 nitrogen and oxygen atoms in total. The maximum Gasteiger partial charge on any atom is 0.257 e. The highest BCUT2D eigenvalue weighted by atomic mass is 16.3. The normalized spacial score (nSPS) is 11.1. The largest absolute Gasteiger partial charge is 0.493 e. The van der Waals surface area contributed by atoms with Gasteiger partial charge >= 0.3 is 0 Å². The van der Waals surface area contributed by atoms with Crippen LogP contribution in [0.3, 0.4) is 0 Å². The van der Waals surface area contributed by atoms with Crippen molar-refractivity contribution in [3.05, 3.63) is 83.0 Å². The van der Waals surface area contributed by atoms with Crippen LogP contribution in [-0.4, -0.2) is 24.7 Å². The second kappa shape index (κ2) is 8.70. The van der Waals surface area contributed by atoms with Crippen LogP contribution in [0.15, 0.2) is 60.7 Å². The van der Waals surface area contributed by atoms with Gasteiger partial charge in [0.2, 0.25) is 11.8 Å². The van der Waals surface area contributed by atoms with Crippen LogP contribution in [0.5, 0.6) is 5.88 Å². The number of aryl methyl sites for hydroxylation is 1. The molecule has 0 fully saturated rings. The molecule has 0 atom stereocenters. The van der Waals surface area contributed by atoms with Gasteiger partial charge in [0.15, 0.2) is 0 Å². The van der Waals surface area contributed by atoms with E-state index in [1.54, 1.807) is 6.07 Å². The zero-order valence-electron chi connectivity index (χ0n) is 16.3. The molecular formula is C22H24N6O. The lowest BCUT2D eigenvalue weighted by Crippen LogP contribution is -2.14. The van der Waals surface area contributed by atoms with Crippen LogP contribution >= 0.6 is 0 Å². The van der Waals surface area contributed by atoms with Gasteiger partial charge in [-0.3, -0.25) is 0 Å². The Morgan fingerprint density at radius 3 is 2.34 bits per heavy atom. The number of aromatic nitrogens is 4. The van der Waals surface area contributed by atoms with E-state index in [4.69, 9.17) is 0 Å². The molecule has 2 aromatic heterocycles. The molecular weight excluding hydrogens is 364 g/mol. The van der Waals surface area contributed by atoms with Crippen LogP contribution in [0.1, 0.15) is 29.3 Å². The van der Waals surface area contributed by atoms with E-state index < -0.39 is 0 Å². The van der Waals surface area contributed by atoms with Crippen molar-refractivity contribution in [3.8, 4) is 5.88 Å². The van der Waals surface area contributed by atoms with Crippen molar-refractivity contribution in [2.24, 2.45) is 0 Å². The summed E-state index contributed by atoms with van der Waals surface area (Å²) in [4.78, 5) is 8.88. The van der Waals surface area contributed by atoms with Crippen LogP contribution in [0, 0.1) is 0 Å². The van der Waals surface area contributed by atoms with E-state index in [9.17, 15) is 5.11 Å². The molecule has 2 aromatic carbocycles. The summed E-state index contributed by atoms with van der Waals surface area (Å²) in [5, 5.41) is 21.1. The van der Waals surface area contributed by atoms with Gasteiger partial charge in [-0.05, 0) is 23.1 Å². The molecule has 2 heterocycles. The van der Waals surface area contributed by atoms with Gasteiger partial charge in [-0.2, -0.15) is 9.50 Å². The summed E-state index contributed by atoms with van der Waals surface area (Å²) in [6, 6.07) is 20.2. The first-order chi connectivity index (χ1) is 14.2. The fraction of sp³-hybridized carbons (Fsp3) is 0.227. The molecule has 0 saturated carbocycles. The van der Waals surface area contributed by atoms with E-state index in [-0.39, 0.29) is 5.88 Å². The molecule has 3 N–H and O–H groups in total. The molecule has 0 spiro atoms. The molecule has 0 aliphatic carbocycles. The average molecular weight is 388 g/mol. The standard InChI is InChI=1S/C22H24N6O/c1-2-16-8-10-18(11-9-16)14-24-21-26-22-25-19(12-20(29)28(22)27-21)15-23-13-17-6-4-3-5-7-17/h3-12,23,29H,2,13-15H2,1H3,(H,24,27). The smallest absolute Gasteiger partial charge is 0.257 e. The maximum atomic E-state index is 10.3. The predicted octanol–water partition coefficient (Wildman–Crippen LogP) is 3.29. The Morgan fingerprint density at radius 1 is 0.862 bits per heavy atom. The van der Waals surface area contributed by atoms with E-state index in [1.807, 2.05) is 18.2 Å². The molecule has 0 radical (unpaired) electrons. The highest BCUT2D eigenvalue weighted by Crippen LogP contribution is 2.15. The Labute approximate surface area is 169 Å². The van der Waals surface area contributed by atoms with E-state index >= 15 is 0 Å². The lowest BCUT2D eigenvalue weighted by atomic mass is 10.1. The van der Waals surface area contributed by atoms with Gasteiger partial charge in [-0.1, -0.05) is 61.5 Å². The summed E-state index contributed by atoms with van der Waals surface area (Å²) < 4.78 is 1.34. The maximum absolute atomic E-state index is 10.3. The molecule has 0 aliphatic heterocycles. The lowest BCUT2D eigenvalue weighted by Gasteiger charge is -2.05. The molecule has 0 saturated heterocycles. The van der Waals surface area contributed by atoms with Gasteiger partial charge in [0.25, 0.3) is 5.78 Å². The third-order valence-corrected chi connectivity index (χ3v) is 4.71. The fourth-order valence-corrected chi connectivity index (χ4v) is 3.07. The molecule has 29 heavy (non-hydrogen) atoms. The third kappa shape index (κ3) is 4.70. The topological polar surface area (TPSA) is 87.4 Å². The summed E-state index contributed by atoms with van der Waals surface area (Å²) in [7, 11) is 0. The van der Waals surface area contributed by atoms with Crippen molar-refractivity contribution in [3.63, 3.8) is 0 Å². The minimum Gasteiger partial charge on any atom is -0.493 e. The zero-order valence-corrected chi connectivity index (χ0v) is 16.3. The Hall–Kier alpha value is -3.45. The van der Waals surface area contributed by atoms with Gasteiger partial charge in [0, 0.05) is 25.7 Å². The third-order valence-electron chi connectivity index (χ3n) is 4.71. The SMILES string of the molecule is CCc1ccc(CNc2nc3nc(CNCc4ccccc4)cc(O)n3n2)cc1. The fourth-order valence-electron chi connectivity index (χ4n) is 3.07. The highest BCUT2D eigenvalue weighted by Gasteiger charge is 2.10. The predicted molar refractivity (Wildman–Crippen MR) is 113 cm³/mol. The summed E-state index contributed by atoms with van der Waals surface area (Å²) >= 11 is 0. The summed E-state index contributed by atoms with van der Waals surface area (Å²) in [5.41, 5.74) is 4.35. The Balaban J connectivity index is 1.40. The van der Waals surface area contributed by atoms with Crippen LogP contribution in [0.2, 0.25) is 0 Å². The number of nitrogens with zero attached hydrogens (tertiary/aromatic N) is 4. The van der Waals surface area contributed by atoms with Crippen molar-refractivity contribution in [2.75, 3.05) is 5.32 Å². The van der Waals surface area contributed by atoms with Crippen LogP contribution in [0.25, 0.3) is 5.78 Å². The van der Waals surface area contributed by atoms with Gasteiger partial charge in [-0.25, -0.2) is 4.98 Å². The molecule has 148 valence electrons. The number of fused-ring (bicyclic) bond motifs is 1. The van der Waals surface area contributed by atoms with Crippen LogP contribution in [-0.2, 0) is 26.1 Å². The second-order valence-electron chi connectivity index (χ2n) is 6.87. The first kappa shape index (κ1) is 18.9. The molecule has 4 rings (SSSR count). The van der Waals surface area contributed by atoms with Gasteiger partial charge in [0.1, 0.15) is 0 Å². The summed E-state index contributed by atoms with van der Waals surface area (Å²) in [6.45, 7) is 4.00. The van der Waals surface area contributed by atoms with E-state index in [1.165, 1.54) is 15.6 Å². The number of rotatable bonds is 8. The summed E-state index contributed by atoms with van der Waals surface area (Å²) in [5.74, 6) is 0.812. The van der Waals surface area contributed by atoms with Crippen molar-refractivity contribution < 1.29 is 5.11 Å². The Kier molecular flexibility index (Phi) is 5.67. The first-order valence-electron chi connectivity index (χ1n) is 9.73. The Bertz CT molecular complexity index is 1080. The summed E-state index contributed by atoms with van der Waals surface area (Å²) in [6.07, 6.45) is 1.02. The highest BCUT2D eigenvalue weighted by molar-refractivity contribution is 5.41. The number of aromatic hydroxyl groups is 1. The van der Waals surface area contributed by atoms with Crippen molar-refractivity contribution in [1.82, 2.24) is 24.9 Å². The average Bonchev–Trinajstić information content (AvgIpc) is 3.17. The van der Waals surface area contributed by atoms with Crippen LogP contribution < -0.4 is 10.6 Å². The molecule has 0 unspecified atom stereocenters. The van der Waals surface area contributed by atoms with E-state index in [2.05, 4.69) is 69.0 Å². The van der Waals surface area contributed by atoms with Crippen molar-refractivity contribution >= 4 is 11.7 Å². The van der Waals surface area contributed by atoms with Crippen LogP contribution in [0.4, 0.5) is 5.95 Å². The number of hydrogen-bond acceptors (Lipinski definition) is 6. The lowest BCUT2D eigenvalue weighted by molar-refractivity contribution is 0.433. The molecule has 4 aromatic rings. The molecule has 0 bridgehead atoms. The van der Waals surface area contributed by atoms with Crippen molar-refractivity contribution in [2.45, 2.75) is 33.0 Å². The number of benzene rings is 2. The van der Waals surface area contributed by atoms with E-state index in [0.717, 1.165) is 18.5 Å². The van der Waals surface area contributed by atoms with Crippen molar-refractivity contribution in [1.29, 1.82) is 0 Å². The number of hydrogen-bond donors (Lipinski definition) is 3. The van der Waals surface area contributed by atoms with Gasteiger partial charge in [-0.15, -0.1) is 5.10 Å². The van der Waals surface area contributed by atoms with E-state index in [0.29, 0.717) is 30.5 Å². The quantitative estimate of drug-likeness (QED) is 0.429. The second-order valence-corrected chi connectivity index (χ2v) is 6.87. The van der Waals surface area contributed by atoms with Gasteiger partial charge in [0.05, 0.1) is 5.69 Å².